The van der Waals surface area contributed by atoms with Crippen molar-refractivity contribution in [3.05, 3.63) is 12.2 Å². The van der Waals surface area contributed by atoms with Crippen LogP contribution in [-0.4, -0.2) is 39.6 Å². The highest BCUT2D eigenvalue weighted by Gasteiger charge is 2.77. The van der Waals surface area contributed by atoms with E-state index in [0.717, 1.165) is 6.42 Å². The monoisotopic (exact) mass is 348 g/mol. The van der Waals surface area contributed by atoms with Gasteiger partial charge in [-0.05, 0) is 53.8 Å². The van der Waals surface area contributed by atoms with E-state index in [-0.39, 0.29) is 29.3 Å². The van der Waals surface area contributed by atoms with Gasteiger partial charge in [-0.1, -0.05) is 12.2 Å². The van der Waals surface area contributed by atoms with E-state index in [0.29, 0.717) is 35.5 Å². The first-order valence-corrected chi connectivity index (χ1v) is 9.50. The molecule has 6 heteroatoms. The van der Waals surface area contributed by atoms with Crippen LogP contribution < -0.4 is 0 Å². The standard InChI is InChI=1S/C18H20O5S/c19-17(20)14-12-10-4-3-5(9-7-2-1-6(23-7)8(4)9)11(10)13(16(12)24)15(14)18(21)22/h1-2,4-16,24H,3H2,(H,19,20)(H,21,22). The van der Waals surface area contributed by atoms with Crippen molar-refractivity contribution in [1.82, 2.24) is 0 Å². The fourth-order valence-corrected chi connectivity index (χ4v) is 9.04. The summed E-state index contributed by atoms with van der Waals surface area (Å²) >= 11 is 4.76. The summed E-state index contributed by atoms with van der Waals surface area (Å²) in [4.78, 5) is 23.7. The van der Waals surface area contributed by atoms with E-state index in [9.17, 15) is 19.8 Å². The Balaban J connectivity index is 1.45. The molecule has 0 aromatic heterocycles. The number of hydrogen-bond donors (Lipinski definition) is 3. The minimum Gasteiger partial charge on any atom is -0.481 e. The maximum atomic E-state index is 11.9. The van der Waals surface area contributed by atoms with Gasteiger partial charge in [-0.3, -0.25) is 9.59 Å². The van der Waals surface area contributed by atoms with Gasteiger partial charge in [0.05, 0.1) is 24.0 Å². The zero-order valence-electron chi connectivity index (χ0n) is 12.9. The summed E-state index contributed by atoms with van der Waals surface area (Å²) in [6, 6.07) is 0. The van der Waals surface area contributed by atoms with Crippen molar-refractivity contribution in [1.29, 1.82) is 0 Å². The normalized spacial score (nSPS) is 63.8. The molecule has 4 aliphatic carbocycles. The molecule has 0 spiro atoms. The molecule has 6 bridgehead atoms. The molecular formula is C18H20O5S. The first-order valence-electron chi connectivity index (χ1n) is 8.98. The topological polar surface area (TPSA) is 83.8 Å². The Bertz CT molecular complexity index is 637. The third-order valence-corrected chi connectivity index (χ3v) is 9.13. The third kappa shape index (κ3) is 1.31. The predicted molar refractivity (Wildman–Crippen MR) is 85.4 cm³/mol. The molecule has 0 aromatic carbocycles. The quantitative estimate of drug-likeness (QED) is 0.399. The highest BCUT2D eigenvalue weighted by Crippen LogP contribution is 2.76. The molecule has 5 nitrogen and oxygen atoms in total. The van der Waals surface area contributed by atoms with Gasteiger partial charge in [-0.15, -0.1) is 0 Å². The van der Waals surface area contributed by atoms with Crippen LogP contribution in [0.25, 0.3) is 0 Å². The predicted octanol–water partition coefficient (Wildman–Crippen LogP) is 1.40. The van der Waals surface area contributed by atoms with E-state index in [1.807, 2.05) is 0 Å². The molecule has 12 atom stereocenters. The number of rotatable bonds is 2. The van der Waals surface area contributed by atoms with E-state index in [2.05, 4.69) is 12.2 Å². The summed E-state index contributed by atoms with van der Waals surface area (Å²) in [6.45, 7) is 0. The van der Waals surface area contributed by atoms with E-state index < -0.39 is 23.8 Å². The van der Waals surface area contributed by atoms with Gasteiger partial charge in [0.2, 0.25) is 0 Å². The second-order valence-corrected chi connectivity index (χ2v) is 9.29. The van der Waals surface area contributed by atoms with Crippen molar-refractivity contribution < 1.29 is 24.5 Å². The number of carboxylic acids is 2. The number of carbonyl (C=O) groups is 2. The maximum Gasteiger partial charge on any atom is 0.307 e. The molecule has 0 aromatic rings. The third-order valence-electron chi connectivity index (χ3n) is 8.44. The summed E-state index contributed by atoms with van der Waals surface area (Å²) < 4.78 is 6.09. The number of carboxylic acid groups (broad SMARTS) is 2. The van der Waals surface area contributed by atoms with E-state index in [1.165, 1.54) is 0 Å². The molecular weight excluding hydrogens is 328 g/mol. The number of hydrogen-bond acceptors (Lipinski definition) is 4. The first kappa shape index (κ1) is 14.2. The second-order valence-electron chi connectivity index (χ2n) is 8.70. The molecule has 24 heavy (non-hydrogen) atoms. The van der Waals surface area contributed by atoms with Crippen molar-refractivity contribution in [2.75, 3.05) is 0 Å². The first-order chi connectivity index (χ1) is 11.5. The Morgan fingerprint density at radius 2 is 1.29 bits per heavy atom. The number of thiol groups is 1. The second kappa shape index (κ2) is 4.21. The van der Waals surface area contributed by atoms with Crippen LogP contribution in [0.4, 0.5) is 0 Å². The van der Waals surface area contributed by atoms with Crippen LogP contribution in [0.1, 0.15) is 6.42 Å². The van der Waals surface area contributed by atoms with E-state index >= 15 is 0 Å². The number of aliphatic carboxylic acids is 2. The largest absolute Gasteiger partial charge is 0.481 e. The van der Waals surface area contributed by atoms with Gasteiger partial charge in [0, 0.05) is 5.25 Å². The highest BCUT2D eigenvalue weighted by atomic mass is 32.1. The van der Waals surface area contributed by atoms with Gasteiger partial charge in [-0.2, -0.15) is 12.6 Å². The lowest BCUT2D eigenvalue weighted by Gasteiger charge is -2.45. The molecule has 5 fully saturated rings. The smallest absolute Gasteiger partial charge is 0.307 e. The van der Waals surface area contributed by atoms with Gasteiger partial charge in [-0.25, -0.2) is 0 Å². The molecule has 12 unspecified atom stereocenters. The summed E-state index contributed by atoms with van der Waals surface area (Å²) in [5, 5.41) is 19.4. The molecule has 6 rings (SSSR count). The Kier molecular flexibility index (Phi) is 2.49. The summed E-state index contributed by atoms with van der Waals surface area (Å²) in [5.41, 5.74) is 0. The summed E-state index contributed by atoms with van der Waals surface area (Å²) in [6.07, 6.45) is 5.90. The minimum absolute atomic E-state index is 0.0853. The molecule has 2 N–H and O–H groups in total. The summed E-state index contributed by atoms with van der Waals surface area (Å²) in [7, 11) is 0. The Labute approximate surface area is 144 Å². The molecule has 2 heterocycles. The average Bonchev–Trinajstić information content (AvgIpc) is 3.32. The Morgan fingerprint density at radius 3 is 1.71 bits per heavy atom. The van der Waals surface area contributed by atoms with Crippen molar-refractivity contribution in [2.45, 2.75) is 23.9 Å². The van der Waals surface area contributed by atoms with Crippen LogP contribution >= 0.6 is 12.6 Å². The van der Waals surface area contributed by atoms with Crippen LogP contribution in [0.3, 0.4) is 0 Å². The van der Waals surface area contributed by atoms with Crippen molar-refractivity contribution in [2.24, 2.45) is 59.2 Å². The van der Waals surface area contributed by atoms with Gasteiger partial charge in [0.15, 0.2) is 0 Å². The zero-order valence-corrected chi connectivity index (χ0v) is 13.8. The number of fused-ring (bicyclic) bond motifs is 16. The van der Waals surface area contributed by atoms with Crippen LogP contribution in [0.2, 0.25) is 0 Å². The molecule has 2 aliphatic heterocycles. The molecule has 128 valence electrons. The number of ether oxygens (including phenoxy) is 1. The minimum atomic E-state index is -0.948. The fraction of sp³-hybridized carbons (Fsp3) is 0.778. The molecule has 0 amide bonds. The lowest BCUT2D eigenvalue weighted by Crippen LogP contribution is -2.49. The van der Waals surface area contributed by atoms with Gasteiger partial charge >= 0.3 is 11.9 Å². The lowest BCUT2D eigenvalue weighted by atomic mass is 9.57. The van der Waals surface area contributed by atoms with Crippen LogP contribution in [-0.2, 0) is 14.3 Å². The SMILES string of the molecule is O=C(O)C1C(C(=O)O)C2C(S)C1C1C3CC(C4C5C=CC(O5)C34)C21. The van der Waals surface area contributed by atoms with Crippen molar-refractivity contribution in [3.63, 3.8) is 0 Å². The van der Waals surface area contributed by atoms with E-state index in [4.69, 9.17) is 17.4 Å². The van der Waals surface area contributed by atoms with Gasteiger partial charge in [0.25, 0.3) is 0 Å². The summed E-state index contributed by atoms with van der Waals surface area (Å²) in [5.74, 6) is -0.958. The van der Waals surface area contributed by atoms with Crippen molar-refractivity contribution in [3.8, 4) is 0 Å². The molecule has 4 saturated carbocycles. The highest BCUT2D eigenvalue weighted by molar-refractivity contribution is 7.81. The van der Waals surface area contributed by atoms with E-state index in [1.54, 1.807) is 0 Å². The average molecular weight is 348 g/mol. The van der Waals surface area contributed by atoms with Gasteiger partial charge < -0.3 is 14.9 Å². The van der Waals surface area contributed by atoms with Crippen molar-refractivity contribution >= 4 is 24.6 Å². The van der Waals surface area contributed by atoms with Gasteiger partial charge in [0.1, 0.15) is 0 Å². The lowest BCUT2D eigenvalue weighted by molar-refractivity contribution is -0.160. The molecule has 1 saturated heterocycles. The van der Waals surface area contributed by atoms with Crippen LogP contribution in [0, 0.1) is 59.2 Å². The Hall–Kier alpha value is -1.01. The zero-order chi connectivity index (χ0) is 16.5. The molecule has 0 radical (unpaired) electrons. The van der Waals surface area contributed by atoms with Crippen LogP contribution in [0.15, 0.2) is 12.2 Å². The fourth-order valence-electron chi connectivity index (χ4n) is 8.27. The van der Waals surface area contributed by atoms with Crippen LogP contribution in [0.5, 0.6) is 0 Å². The maximum absolute atomic E-state index is 11.9. The Morgan fingerprint density at radius 1 is 0.833 bits per heavy atom. The molecule has 6 aliphatic rings.